The number of primary amides is 1. The molecule has 2 atom stereocenters. The number of anilines is 1. The summed E-state index contributed by atoms with van der Waals surface area (Å²) in [6.45, 7) is 0. The maximum Gasteiger partial charge on any atom is 0.326 e. The van der Waals surface area contributed by atoms with Gasteiger partial charge in [-0.25, -0.2) is 4.79 Å². The number of hydrogen-bond donors (Lipinski definition) is 2. The molecule has 0 bridgehead atoms. The summed E-state index contributed by atoms with van der Waals surface area (Å²) in [7, 11) is 1.84. The Kier molecular flexibility index (Phi) is 2.79. The Labute approximate surface area is 98.6 Å². The average Bonchev–Trinajstić information content (AvgIpc) is 2.81. The lowest BCUT2D eigenvalue weighted by Crippen LogP contribution is -2.46. The highest BCUT2D eigenvalue weighted by Crippen LogP contribution is 2.30. The molecule has 0 radical (unpaired) electrons. The van der Waals surface area contributed by atoms with Crippen LogP contribution in [-0.2, 0) is 16.6 Å². The molecule has 0 aromatic carbocycles. The highest BCUT2D eigenvalue weighted by molar-refractivity contribution is 5.89. The van der Waals surface area contributed by atoms with Crippen molar-refractivity contribution in [2.24, 2.45) is 12.8 Å². The van der Waals surface area contributed by atoms with Crippen molar-refractivity contribution >= 4 is 17.6 Å². The van der Waals surface area contributed by atoms with Crippen molar-refractivity contribution in [3.05, 3.63) is 18.5 Å². The number of aliphatic carboxylic acids is 1. The summed E-state index contributed by atoms with van der Waals surface area (Å²) in [6, 6.07) is 0.588. The van der Waals surface area contributed by atoms with Crippen molar-refractivity contribution in [1.82, 2.24) is 4.57 Å². The fourth-order valence-corrected chi connectivity index (χ4v) is 2.33. The molecular weight excluding hydrogens is 222 g/mol. The van der Waals surface area contributed by atoms with Crippen molar-refractivity contribution in [3.63, 3.8) is 0 Å². The van der Waals surface area contributed by atoms with Crippen LogP contribution >= 0.6 is 0 Å². The molecule has 0 saturated carbocycles. The van der Waals surface area contributed by atoms with Gasteiger partial charge >= 0.3 is 5.97 Å². The fourth-order valence-electron chi connectivity index (χ4n) is 2.33. The molecular formula is C11H15N3O3. The highest BCUT2D eigenvalue weighted by Gasteiger charge is 2.40. The maximum atomic E-state index is 11.3. The number of nitrogens with zero attached hydrogens (tertiary/aromatic N) is 2. The Hall–Kier alpha value is -1.98. The van der Waals surface area contributed by atoms with Crippen molar-refractivity contribution in [2.45, 2.75) is 24.9 Å². The lowest BCUT2D eigenvalue weighted by molar-refractivity contribution is -0.138. The molecule has 1 saturated heterocycles. The minimum Gasteiger partial charge on any atom is -0.480 e. The van der Waals surface area contributed by atoms with E-state index < -0.39 is 24.0 Å². The van der Waals surface area contributed by atoms with Crippen LogP contribution in [0, 0.1) is 0 Å². The van der Waals surface area contributed by atoms with E-state index in [-0.39, 0.29) is 0 Å². The number of nitrogens with two attached hydrogens (primary N) is 1. The Morgan fingerprint density at radius 1 is 1.41 bits per heavy atom. The first kappa shape index (κ1) is 11.5. The molecule has 2 heterocycles. The molecule has 0 aliphatic carbocycles. The smallest absolute Gasteiger partial charge is 0.326 e. The number of carbonyl (C=O) groups excluding carboxylic acids is 1. The molecule has 6 nitrogen and oxygen atoms in total. The zero-order chi connectivity index (χ0) is 12.6. The van der Waals surface area contributed by atoms with Crippen LogP contribution in [0.2, 0.25) is 0 Å². The molecule has 1 amide bonds. The van der Waals surface area contributed by atoms with E-state index in [0.717, 1.165) is 5.69 Å². The maximum absolute atomic E-state index is 11.3. The van der Waals surface area contributed by atoms with Gasteiger partial charge in [0.05, 0.1) is 5.69 Å². The summed E-state index contributed by atoms with van der Waals surface area (Å²) in [5.74, 6) is -1.39. The molecule has 0 spiro atoms. The van der Waals surface area contributed by atoms with E-state index in [1.54, 1.807) is 17.2 Å². The molecule has 1 fully saturated rings. The number of carboxylic acid groups (broad SMARTS) is 1. The normalized spacial score (nSPS) is 23.9. The van der Waals surface area contributed by atoms with Gasteiger partial charge in [-0.15, -0.1) is 0 Å². The van der Waals surface area contributed by atoms with E-state index in [2.05, 4.69) is 0 Å². The SMILES string of the molecule is Cn1ccc(N2C(C(N)=O)CCC2C(=O)O)c1. The van der Waals surface area contributed by atoms with Crippen LogP contribution in [0.15, 0.2) is 18.5 Å². The van der Waals surface area contributed by atoms with Gasteiger partial charge < -0.3 is 20.3 Å². The first-order valence-corrected chi connectivity index (χ1v) is 5.43. The second-order valence-electron chi connectivity index (χ2n) is 4.29. The highest BCUT2D eigenvalue weighted by atomic mass is 16.4. The van der Waals surface area contributed by atoms with Crippen molar-refractivity contribution in [1.29, 1.82) is 0 Å². The number of aryl methyl sites for hydroxylation is 1. The van der Waals surface area contributed by atoms with Crippen molar-refractivity contribution in [2.75, 3.05) is 4.90 Å². The van der Waals surface area contributed by atoms with Gasteiger partial charge in [0.2, 0.25) is 5.91 Å². The van der Waals surface area contributed by atoms with Crippen LogP contribution in [0.5, 0.6) is 0 Å². The largest absolute Gasteiger partial charge is 0.480 e. The zero-order valence-electron chi connectivity index (χ0n) is 9.54. The molecule has 1 aliphatic heterocycles. The van der Waals surface area contributed by atoms with E-state index >= 15 is 0 Å². The molecule has 2 rings (SSSR count). The number of hydrogen-bond acceptors (Lipinski definition) is 3. The third-order valence-corrected chi connectivity index (χ3v) is 3.11. The first-order valence-electron chi connectivity index (χ1n) is 5.43. The van der Waals surface area contributed by atoms with Gasteiger partial charge in [-0.05, 0) is 18.9 Å². The second kappa shape index (κ2) is 4.12. The van der Waals surface area contributed by atoms with E-state index in [0.29, 0.717) is 12.8 Å². The van der Waals surface area contributed by atoms with Gasteiger partial charge in [0, 0.05) is 19.4 Å². The topological polar surface area (TPSA) is 88.6 Å². The van der Waals surface area contributed by atoms with E-state index in [1.807, 2.05) is 17.8 Å². The number of amides is 1. The van der Waals surface area contributed by atoms with Gasteiger partial charge in [0.15, 0.2) is 0 Å². The standard InChI is InChI=1S/C11H15N3O3/c1-13-5-4-7(6-13)14-8(10(12)15)2-3-9(14)11(16)17/h4-6,8-9H,2-3H2,1H3,(H2,12,15)(H,16,17). The van der Waals surface area contributed by atoms with Gasteiger partial charge in [-0.2, -0.15) is 0 Å². The van der Waals surface area contributed by atoms with Gasteiger partial charge in [0.1, 0.15) is 12.1 Å². The molecule has 6 heteroatoms. The second-order valence-corrected chi connectivity index (χ2v) is 4.29. The fraction of sp³-hybridized carbons (Fsp3) is 0.455. The Morgan fingerprint density at radius 2 is 2.06 bits per heavy atom. The van der Waals surface area contributed by atoms with Crippen LogP contribution < -0.4 is 10.6 Å². The monoisotopic (exact) mass is 237 g/mol. The van der Waals surface area contributed by atoms with E-state index in [9.17, 15) is 9.59 Å². The Bertz CT molecular complexity index is 433. The lowest BCUT2D eigenvalue weighted by atomic mass is 10.2. The third kappa shape index (κ3) is 1.98. The van der Waals surface area contributed by atoms with Crippen LogP contribution in [0.25, 0.3) is 0 Å². The summed E-state index contributed by atoms with van der Waals surface area (Å²) < 4.78 is 1.81. The molecule has 1 aromatic heterocycles. The molecule has 92 valence electrons. The summed E-state index contributed by atoms with van der Waals surface area (Å²) in [5.41, 5.74) is 6.04. The summed E-state index contributed by atoms with van der Waals surface area (Å²) in [5, 5.41) is 9.15. The van der Waals surface area contributed by atoms with Crippen molar-refractivity contribution in [3.8, 4) is 0 Å². The van der Waals surface area contributed by atoms with Crippen LogP contribution in [0.3, 0.4) is 0 Å². The number of rotatable bonds is 3. The summed E-state index contributed by atoms with van der Waals surface area (Å²) in [6.07, 6.45) is 4.53. The predicted octanol–water partition coefficient (Wildman–Crippen LogP) is -0.0676. The quantitative estimate of drug-likeness (QED) is 0.770. The third-order valence-electron chi connectivity index (χ3n) is 3.11. The molecule has 1 aliphatic rings. The molecule has 3 N–H and O–H groups in total. The Morgan fingerprint density at radius 3 is 2.53 bits per heavy atom. The molecule has 17 heavy (non-hydrogen) atoms. The number of carboxylic acids is 1. The molecule has 1 aromatic rings. The van der Waals surface area contributed by atoms with Gasteiger partial charge in [-0.3, -0.25) is 4.79 Å². The van der Waals surface area contributed by atoms with E-state index in [1.165, 1.54) is 0 Å². The predicted molar refractivity (Wildman–Crippen MR) is 61.5 cm³/mol. The van der Waals surface area contributed by atoms with Gasteiger partial charge in [0.25, 0.3) is 0 Å². The molecule has 2 unspecified atom stereocenters. The lowest BCUT2D eigenvalue weighted by Gasteiger charge is -2.27. The zero-order valence-corrected chi connectivity index (χ0v) is 9.54. The summed E-state index contributed by atoms with van der Waals surface area (Å²) in [4.78, 5) is 24.1. The van der Waals surface area contributed by atoms with E-state index in [4.69, 9.17) is 10.8 Å². The van der Waals surface area contributed by atoms with Crippen LogP contribution in [0.4, 0.5) is 5.69 Å². The average molecular weight is 237 g/mol. The van der Waals surface area contributed by atoms with Crippen molar-refractivity contribution < 1.29 is 14.7 Å². The minimum absolute atomic E-state index is 0.442. The van der Waals surface area contributed by atoms with Crippen LogP contribution in [0.1, 0.15) is 12.8 Å². The van der Waals surface area contributed by atoms with Gasteiger partial charge in [-0.1, -0.05) is 0 Å². The summed E-state index contributed by atoms with van der Waals surface area (Å²) >= 11 is 0. The number of carbonyl (C=O) groups is 2. The van der Waals surface area contributed by atoms with Crippen LogP contribution in [-0.4, -0.2) is 33.6 Å². The number of aromatic nitrogens is 1. The Balaban J connectivity index is 2.35. The minimum atomic E-state index is -0.919. The first-order chi connectivity index (χ1) is 8.00.